The molecule has 0 saturated heterocycles. The van der Waals surface area contributed by atoms with E-state index in [1.165, 1.54) is 19.4 Å². The molecule has 6 nitrogen and oxygen atoms in total. The molecule has 0 radical (unpaired) electrons. The second-order valence-corrected chi connectivity index (χ2v) is 10.0. The summed E-state index contributed by atoms with van der Waals surface area (Å²) >= 11 is 0. The molecule has 3 aromatic rings. The fourth-order valence-corrected chi connectivity index (χ4v) is 3.50. The van der Waals surface area contributed by atoms with Crippen molar-refractivity contribution < 1.29 is 36.1 Å². The van der Waals surface area contributed by atoms with Crippen molar-refractivity contribution in [2.75, 3.05) is 28.2 Å². The minimum Gasteiger partial charge on any atom is -0.876 e. The zero-order valence-corrected chi connectivity index (χ0v) is 32.7. The average molecular weight is 763 g/mol. The third-order valence-electron chi connectivity index (χ3n) is 5.22. The quantitative estimate of drug-likeness (QED) is 0.151. The first kappa shape index (κ1) is 45.3. The van der Waals surface area contributed by atoms with Crippen molar-refractivity contribution in [3.05, 3.63) is 129 Å². The number of hydrogen-bond donors (Lipinski definition) is 0. The Morgan fingerprint density at radius 2 is 0.795 bits per heavy atom. The van der Waals surface area contributed by atoms with Crippen molar-refractivity contribution in [1.29, 1.82) is 0 Å². The Balaban J connectivity index is -0.000000542. The van der Waals surface area contributed by atoms with Gasteiger partial charge in [-0.15, -0.1) is 11.5 Å². The number of benzene rings is 3. The second-order valence-electron chi connectivity index (χ2n) is 10.0. The van der Waals surface area contributed by atoms with Gasteiger partial charge in [0.05, 0.1) is 11.4 Å². The molecule has 0 fully saturated rings. The van der Waals surface area contributed by atoms with Gasteiger partial charge in [-0.25, -0.2) is 0 Å². The Kier molecular flexibility index (Phi) is 28.2. The Bertz CT molecular complexity index is 1180. The van der Waals surface area contributed by atoms with Gasteiger partial charge < -0.3 is 20.8 Å². The van der Waals surface area contributed by atoms with Gasteiger partial charge in [0.1, 0.15) is 0 Å². The van der Waals surface area contributed by atoms with Gasteiger partial charge in [-0.1, -0.05) is 98.3 Å². The molecular weight excluding hydrogens is 711 g/mol. The molecule has 0 saturated carbocycles. The molecule has 3 rings (SSSR count). The van der Waals surface area contributed by atoms with Crippen LogP contribution in [0.25, 0.3) is 10.6 Å². The van der Waals surface area contributed by atoms with Crippen LogP contribution in [0.4, 0.5) is 11.4 Å². The van der Waals surface area contributed by atoms with Crippen molar-refractivity contribution in [3.8, 4) is 0 Å². The predicted octanol–water partition coefficient (Wildman–Crippen LogP) is 8.55. The fourth-order valence-electron chi connectivity index (χ4n) is 3.50. The van der Waals surface area contributed by atoms with Gasteiger partial charge in [0.15, 0.2) is 0 Å². The molecule has 7 heteroatoms. The van der Waals surface area contributed by atoms with Crippen molar-refractivity contribution in [2.45, 2.75) is 62.3 Å². The molecule has 0 amide bonds. The first-order valence-electron chi connectivity index (χ1n) is 14.1. The van der Waals surface area contributed by atoms with Crippen LogP contribution in [0.1, 0.15) is 55.5 Å². The van der Waals surface area contributed by atoms with E-state index >= 15 is 0 Å². The van der Waals surface area contributed by atoms with Crippen LogP contribution in [0.3, 0.4) is 0 Å². The standard InChI is InChI=1S/2C13H17NO.C7H8.2C2H6N.Hf/c2*1-9-6-5-7-10(2)13(9)14-11(3)8-12(4)15;1-7-5-3-2-4-6-7;2*1-3-2;/h2*5-8,15H,1-4H3;2-6H,1H3;2*1-2H3;/q;;;2*-1;+4/p-2/b2*12-8-,14-11?;;;;. The molecule has 0 aliphatic heterocycles. The van der Waals surface area contributed by atoms with Crippen LogP contribution in [-0.4, -0.2) is 39.6 Å². The number of aryl methyl sites for hydroxylation is 5. The summed E-state index contributed by atoms with van der Waals surface area (Å²) in [4.78, 5) is 8.88. The molecule has 0 aliphatic carbocycles. The van der Waals surface area contributed by atoms with Crippen LogP contribution >= 0.6 is 0 Å². The fraction of sp³-hybridized carbons (Fsp3) is 0.351. The zero-order valence-electron chi connectivity index (χ0n) is 29.1. The molecule has 0 aromatic heterocycles. The average Bonchev–Trinajstić information content (AvgIpc) is 2.90. The smallest absolute Gasteiger partial charge is 0.876 e. The van der Waals surface area contributed by atoms with Gasteiger partial charge in [0, 0.05) is 11.4 Å². The van der Waals surface area contributed by atoms with Crippen LogP contribution in [0.5, 0.6) is 0 Å². The number of para-hydroxylation sites is 2. The zero-order chi connectivity index (χ0) is 33.4. The number of allylic oxidation sites excluding steroid dienone is 4. The van der Waals surface area contributed by atoms with Crippen LogP contribution in [0.15, 0.2) is 100 Å². The summed E-state index contributed by atoms with van der Waals surface area (Å²) in [5.41, 5.74) is 9.28. The predicted molar refractivity (Wildman–Crippen MR) is 186 cm³/mol. The SMILES string of the molecule is CC(/C=C(/C)[O-])=Nc1c(C)cccc1C.CC(/C=C(/C)[O-])=Nc1c(C)cccc1C.C[N-]C.C[N-]C.Cc1ccccc1.[Hf+4]. The summed E-state index contributed by atoms with van der Waals surface area (Å²) in [5.74, 6) is 0.0602. The summed E-state index contributed by atoms with van der Waals surface area (Å²) in [6.45, 7) is 16.9. The van der Waals surface area contributed by atoms with Crippen molar-refractivity contribution in [3.63, 3.8) is 0 Å². The monoisotopic (exact) mass is 764 g/mol. The third kappa shape index (κ3) is 23.3. The Hall–Kier alpha value is -3.13. The van der Waals surface area contributed by atoms with Gasteiger partial charge >= 0.3 is 25.8 Å². The van der Waals surface area contributed by atoms with E-state index in [0.29, 0.717) is 0 Å². The molecule has 0 heterocycles. The number of rotatable bonds is 4. The summed E-state index contributed by atoms with van der Waals surface area (Å²) < 4.78 is 0. The van der Waals surface area contributed by atoms with E-state index in [0.717, 1.165) is 45.1 Å². The molecule has 44 heavy (non-hydrogen) atoms. The van der Waals surface area contributed by atoms with Crippen LogP contribution in [-0.2, 0) is 25.8 Å². The van der Waals surface area contributed by atoms with E-state index in [1.54, 1.807) is 40.3 Å². The second kappa shape index (κ2) is 27.4. The summed E-state index contributed by atoms with van der Waals surface area (Å²) in [6.07, 6.45) is 3.10. The van der Waals surface area contributed by atoms with E-state index < -0.39 is 0 Å². The Morgan fingerprint density at radius 3 is 1.00 bits per heavy atom. The van der Waals surface area contributed by atoms with Gasteiger partial charge in [-0.3, -0.25) is 9.98 Å². The number of hydrogen-bond acceptors (Lipinski definition) is 4. The van der Waals surface area contributed by atoms with E-state index in [4.69, 9.17) is 0 Å². The van der Waals surface area contributed by atoms with Crippen LogP contribution < -0.4 is 10.2 Å². The normalized spacial score (nSPS) is 11.1. The molecule has 0 spiro atoms. The van der Waals surface area contributed by atoms with Crippen LogP contribution in [0.2, 0.25) is 0 Å². The van der Waals surface area contributed by atoms with Gasteiger partial charge in [0.2, 0.25) is 0 Å². The summed E-state index contributed by atoms with van der Waals surface area (Å²) in [7, 11) is 7.00. The first-order chi connectivity index (χ1) is 20.2. The molecule has 3 aromatic carbocycles. The first-order valence-corrected chi connectivity index (χ1v) is 14.1. The maximum atomic E-state index is 10.9. The molecule has 0 bridgehead atoms. The Morgan fingerprint density at radius 1 is 0.523 bits per heavy atom. The van der Waals surface area contributed by atoms with Crippen molar-refractivity contribution in [1.82, 2.24) is 0 Å². The molecule has 0 N–H and O–H groups in total. The Labute approximate surface area is 287 Å². The molecule has 0 atom stereocenters. The topological polar surface area (TPSA) is 99.0 Å². The van der Waals surface area contributed by atoms with E-state index in [1.807, 2.05) is 96.1 Å². The number of aliphatic imine (C=N–C) groups is 2. The van der Waals surface area contributed by atoms with Crippen molar-refractivity contribution >= 4 is 22.8 Å². The minimum absolute atomic E-state index is 0. The van der Waals surface area contributed by atoms with Crippen LogP contribution in [0, 0.1) is 34.6 Å². The van der Waals surface area contributed by atoms with Gasteiger partial charge in [0.25, 0.3) is 0 Å². The third-order valence-corrected chi connectivity index (χ3v) is 5.22. The molecular formula is C37H52HfN4O2. The van der Waals surface area contributed by atoms with E-state index in [-0.39, 0.29) is 37.4 Å². The molecule has 0 unspecified atom stereocenters. The summed E-state index contributed by atoms with van der Waals surface area (Å²) in [5, 5.41) is 28.8. The van der Waals surface area contributed by atoms with Gasteiger partial charge in [-0.2, -0.15) is 28.2 Å². The summed E-state index contributed by atoms with van der Waals surface area (Å²) in [6, 6.07) is 22.4. The number of nitrogens with zero attached hydrogens (tertiary/aromatic N) is 4. The van der Waals surface area contributed by atoms with E-state index in [9.17, 15) is 10.2 Å². The van der Waals surface area contributed by atoms with Gasteiger partial charge in [-0.05, 0) is 70.7 Å². The minimum atomic E-state index is 0. The maximum absolute atomic E-state index is 10.9. The molecule has 236 valence electrons. The van der Waals surface area contributed by atoms with E-state index in [2.05, 4.69) is 39.7 Å². The maximum Gasteiger partial charge on any atom is 4.00 e. The largest absolute Gasteiger partial charge is 4.00 e. The van der Waals surface area contributed by atoms with Crippen molar-refractivity contribution in [2.24, 2.45) is 9.98 Å². The molecule has 0 aliphatic rings.